The van der Waals surface area contributed by atoms with Crippen molar-refractivity contribution in [3.8, 4) is 11.3 Å². The van der Waals surface area contributed by atoms with Gasteiger partial charge in [-0.3, -0.25) is 4.79 Å². The number of hydrogen-bond donors (Lipinski definition) is 1. The number of nitrogens with one attached hydrogen (secondary N) is 1. The molecular weight excluding hydrogens is 362 g/mol. The molecule has 0 unspecified atom stereocenters. The molecule has 1 N–H and O–H groups in total. The Morgan fingerprint density at radius 1 is 0.962 bits per heavy atom. The number of aromatic nitrogens is 2. The molecule has 0 saturated heterocycles. The van der Waals surface area contributed by atoms with E-state index in [2.05, 4.69) is 39.2 Å². The van der Waals surface area contributed by atoms with E-state index >= 15 is 0 Å². The van der Waals surface area contributed by atoms with Crippen LogP contribution in [-0.4, -0.2) is 21.2 Å². The lowest BCUT2D eigenvalue weighted by atomic mass is 10.1. The second-order valence-electron chi connectivity index (χ2n) is 5.67. The molecule has 4 nitrogen and oxygen atoms in total. The molecule has 0 bridgehead atoms. The number of para-hydroxylation sites is 1. The molecular formula is C20H15N3OS2. The molecule has 0 aliphatic carbocycles. The quantitative estimate of drug-likeness (QED) is 0.492. The number of thioether (sulfide) groups is 1. The van der Waals surface area contributed by atoms with Crippen molar-refractivity contribution in [2.75, 3.05) is 11.1 Å². The fourth-order valence-corrected chi connectivity index (χ4v) is 4.20. The molecule has 1 heterocycles. The predicted octanol–water partition coefficient (Wildman–Crippen LogP) is 5.09. The van der Waals surface area contributed by atoms with Gasteiger partial charge in [-0.1, -0.05) is 59.1 Å². The molecule has 4 aromatic rings. The largest absolute Gasteiger partial charge is 0.325 e. The van der Waals surface area contributed by atoms with E-state index in [1.54, 1.807) is 0 Å². The summed E-state index contributed by atoms with van der Waals surface area (Å²) in [4.78, 5) is 12.2. The highest BCUT2D eigenvalue weighted by atomic mass is 32.2. The minimum absolute atomic E-state index is 0.0425. The van der Waals surface area contributed by atoms with Gasteiger partial charge in [-0.05, 0) is 40.5 Å². The number of benzene rings is 3. The van der Waals surface area contributed by atoms with Crippen molar-refractivity contribution in [3.63, 3.8) is 0 Å². The first-order chi connectivity index (χ1) is 12.8. The van der Waals surface area contributed by atoms with E-state index in [4.69, 9.17) is 0 Å². The Bertz CT molecular complexity index is 1050. The molecule has 0 atom stereocenters. The maximum absolute atomic E-state index is 12.2. The van der Waals surface area contributed by atoms with Crippen molar-refractivity contribution in [1.82, 2.24) is 9.59 Å². The zero-order chi connectivity index (χ0) is 17.8. The van der Waals surface area contributed by atoms with Crippen LogP contribution in [0.2, 0.25) is 0 Å². The van der Waals surface area contributed by atoms with Gasteiger partial charge in [0.2, 0.25) is 5.91 Å². The minimum atomic E-state index is -0.0425. The number of nitrogens with zero attached hydrogens (tertiary/aromatic N) is 2. The van der Waals surface area contributed by atoms with Crippen LogP contribution in [0.3, 0.4) is 0 Å². The van der Waals surface area contributed by atoms with Gasteiger partial charge in [-0.15, -0.1) is 16.9 Å². The molecule has 0 radical (unpaired) electrons. The van der Waals surface area contributed by atoms with E-state index in [1.807, 2.05) is 48.5 Å². The molecule has 0 aliphatic rings. The number of amides is 1. The Labute approximate surface area is 159 Å². The Morgan fingerprint density at radius 3 is 2.58 bits per heavy atom. The lowest BCUT2D eigenvalue weighted by Crippen LogP contribution is -2.13. The second kappa shape index (κ2) is 7.68. The summed E-state index contributed by atoms with van der Waals surface area (Å²) in [5.74, 6) is 0.276. The zero-order valence-corrected chi connectivity index (χ0v) is 15.4. The molecule has 0 aliphatic heterocycles. The van der Waals surface area contributed by atoms with Crippen molar-refractivity contribution < 1.29 is 4.79 Å². The average molecular weight is 377 g/mol. The minimum Gasteiger partial charge on any atom is -0.325 e. The Hall–Kier alpha value is -2.70. The van der Waals surface area contributed by atoms with E-state index in [1.165, 1.54) is 28.7 Å². The summed E-state index contributed by atoms with van der Waals surface area (Å²) < 4.78 is 5.03. The predicted molar refractivity (Wildman–Crippen MR) is 109 cm³/mol. The summed E-state index contributed by atoms with van der Waals surface area (Å²) in [7, 11) is 0. The van der Waals surface area contributed by atoms with Crippen molar-refractivity contribution in [1.29, 1.82) is 0 Å². The summed E-state index contributed by atoms with van der Waals surface area (Å²) in [6.07, 6.45) is 0. The topological polar surface area (TPSA) is 54.9 Å². The number of anilines is 1. The van der Waals surface area contributed by atoms with Gasteiger partial charge in [0, 0.05) is 11.3 Å². The highest BCUT2D eigenvalue weighted by Crippen LogP contribution is 2.34. The van der Waals surface area contributed by atoms with Gasteiger partial charge in [-0.2, -0.15) is 0 Å². The van der Waals surface area contributed by atoms with Gasteiger partial charge in [0.1, 0.15) is 9.90 Å². The van der Waals surface area contributed by atoms with Crippen molar-refractivity contribution in [2.45, 2.75) is 4.21 Å². The van der Waals surface area contributed by atoms with Gasteiger partial charge >= 0.3 is 0 Å². The summed E-state index contributed by atoms with van der Waals surface area (Å²) in [5, 5.41) is 9.52. The van der Waals surface area contributed by atoms with Crippen molar-refractivity contribution >= 4 is 45.7 Å². The van der Waals surface area contributed by atoms with Crippen LogP contribution in [0.25, 0.3) is 22.0 Å². The van der Waals surface area contributed by atoms with Gasteiger partial charge in [0.05, 0.1) is 5.75 Å². The number of fused-ring (bicyclic) bond motifs is 1. The highest BCUT2D eigenvalue weighted by Gasteiger charge is 2.13. The number of rotatable bonds is 5. The maximum atomic E-state index is 12.2. The van der Waals surface area contributed by atoms with E-state index in [9.17, 15) is 4.79 Å². The van der Waals surface area contributed by atoms with Gasteiger partial charge in [-0.25, -0.2) is 0 Å². The fourth-order valence-electron chi connectivity index (χ4n) is 2.64. The number of carbonyl (C=O) groups is 1. The molecule has 0 saturated carbocycles. The van der Waals surface area contributed by atoms with Crippen LogP contribution in [0.4, 0.5) is 5.69 Å². The van der Waals surface area contributed by atoms with Crippen LogP contribution in [0.1, 0.15) is 0 Å². The third-order valence-corrected chi connectivity index (χ3v) is 5.83. The Morgan fingerprint density at radius 2 is 1.73 bits per heavy atom. The summed E-state index contributed by atoms with van der Waals surface area (Å²) in [6, 6.07) is 23.9. The van der Waals surface area contributed by atoms with Crippen LogP contribution < -0.4 is 5.32 Å². The molecule has 3 aromatic carbocycles. The molecule has 4 rings (SSSR count). The summed E-state index contributed by atoms with van der Waals surface area (Å²) >= 11 is 2.78. The van der Waals surface area contributed by atoms with Gasteiger partial charge in [0.25, 0.3) is 0 Å². The summed E-state index contributed by atoms with van der Waals surface area (Å²) in [6.45, 7) is 0. The maximum Gasteiger partial charge on any atom is 0.234 e. The van der Waals surface area contributed by atoms with E-state index in [0.29, 0.717) is 5.75 Å². The standard InChI is InChI=1S/C20H15N3OS2/c24-18(21-17-8-2-1-3-9-17)13-25-20-19(22-23-26-20)16-11-10-14-6-4-5-7-15(14)12-16/h1-12H,13H2,(H,21,24). The van der Waals surface area contributed by atoms with E-state index < -0.39 is 0 Å². The third-order valence-electron chi connectivity index (χ3n) is 3.87. The molecule has 26 heavy (non-hydrogen) atoms. The average Bonchev–Trinajstić information content (AvgIpc) is 3.15. The van der Waals surface area contributed by atoms with Gasteiger partial charge in [0.15, 0.2) is 0 Å². The first kappa shape index (κ1) is 16.8. The number of carbonyl (C=O) groups excluding carboxylic acids is 1. The monoisotopic (exact) mass is 377 g/mol. The SMILES string of the molecule is O=C(CSc1snnc1-c1ccc2ccccc2c1)Nc1ccccc1. The highest BCUT2D eigenvalue weighted by molar-refractivity contribution is 8.01. The molecule has 128 valence electrons. The normalized spacial score (nSPS) is 10.8. The van der Waals surface area contributed by atoms with Crippen LogP contribution in [0, 0.1) is 0 Å². The Balaban J connectivity index is 1.48. The fraction of sp³-hybridized carbons (Fsp3) is 0.0500. The van der Waals surface area contributed by atoms with Crippen molar-refractivity contribution in [3.05, 3.63) is 72.8 Å². The summed E-state index contributed by atoms with van der Waals surface area (Å²) in [5.41, 5.74) is 2.65. The molecule has 1 aromatic heterocycles. The number of hydrogen-bond acceptors (Lipinski definition) is 5. The zero-order valence-electron chi connectivity index (χ0n) is 13.8. The molecule has 0 spiro atoms. The van der Waals surface area contributed by atoms with Crippen molar-refractivity contribution in [2.24, 2.45) is 0 Å². The smallest absolute Gasteiger partial charge is 0.234 e. The van der Waals surface area contributed by atoms with E-state index in [0.717, 1.165) is 26.5 Å². The molecule has 0 fully saturated rings. The Kier molecular flexibility index (Phi) is 4.95. The van der Waals surface area contributed by atoms with Crippen LogP contribution in [0.5, 0.6) is 0 Å². The van der Waals surface area contributed by atoms with Gasteiger partial charge < -0.3 is 5.32 Å². The lowest BCUT2D eigenvalue weighted by molar-refractivity contribution is -0.113. The van der Waals surface area contributed by atoms with E-state index in [-0.39, 0.29) is 5.91 Å². The van der Waals surface area contributed by atoms with Crippen LogP contribution in [0.15, 0.2) is 77.0 Å². The second-order valence-corrected chi connectivity index (χ2v) is 7.67. The first-order valence-electron chi connectivity index (χ1n) is 8.09. The first-order valence-corrected chi connectivity index (χ1v) is 9.85. The molecule has 1 amide bonds. The van der Waals surface area contributed by atoms with Crippen LogP contribution in [-0.2, 0) is 4.79 Å². The van der Waals surface area contributed by atoms with Crippen LogP contribution >= 0.6 is 23.3 Å². The third kappa shape index (κ3) is 3.76. The molecule has 6 heteroatoms. The lowest BCUT2D eigenvalue weighted by Gasteiger charge is -2.05.